The van der Waals surface area contributed by atoms with Crippen LogP contribution >= 0.6 is 0 Å². The Kier molecular flexibility index (Phi) is 3.08. The summed E-state index contributed by atoms with van der Waals surface area (Å²) in [6, 6.07) is 12.4. The van der Waals surface area contributed by atoms with Crippen LogP contribution < -0.4 is 10.9 Å². The second kappa shape index (κ2) is 5.10. The van der Waals surface area contributed by atoms with E-state index < -0.39 is 0 Å². The highest BCUT2D eigenvalue weighted by molar-refractivity contribution is 5.80. The molecule has 2 aromatic heterocycles. The SMILES string of the molecule is Cc1nn(-c2ccccc2)c2[nH]c(=O)c(CNC3CC3)cc12. The second-order valence-electron chi connectivity index (χ2n) is 5.87. The van der Waals surface area contributed by atoms with Gasteiger partial charge < -0.3 is 10.3 Å². The van der Waals surface area contributed by atoms with Crippen molar-refractivity contribution in [1.82, 2.24) is 20.1 Å². The first kappa shape index (κ1) is 13.3. The summed E-state index contributed by atoms with van der Waals surface area (Å²) in [6.45, 7) is 2.59. The molecule has 4 rings (SSSR count). The molecule has 0 aliphatic heterocycles. The quantitative estimate of drug-likeness (QED) is 0.776. The normalized spacial score (nSPS) is 14.6. The second-order valence-corrected chi connectivity index (χ2v) is 5.87. The van der Waals surface area contributed by atoms with Crippen molar-refractivity contribution in [3.63, 3.8) is 0 Å². The maximum Gasteiger partial charge on any atom is 0.254 e. The highest BCUT2D eigenvalue weighted by Gasteiger charge is 2.21. The zero-order valence-corrected chi connectivity index (χ0v) is 12.5. The molecule has 0 bridgehead atoms. The summed E-state index contributed by atoms with van der Waals surface area (Å²) in [5.41, 5.74) is 3.35. The predicted molar refractivity (Wildman–Crippen MR) is 86.3 cm³/mol. The zero-order chi connectivity index (χ0) is 15.1. The molecule has 1 aromatic carbocycles. The molecule has 5 heteroatoms. The number of nitrogens with one attached hydrogen (secondary N) is 2. The molecular weight excluding hydrogens is 276 g/mol. The first-order valence-corrected chi connectivity index (χ1v) is 7.63. The van der Waals surface area contributed by atoms with Gasteiger partial charge in [0.1, 0.15) is 5.65 Å². The molecule has 3 aromatic rings. The van der Waals surface area contributed by atoms with Crippen molar-refractivity contribution in [2.45, 2.75) is 32.4 Å². The third-order valence-corrected chi connectivity index (χ3v) is 4.11. The number of nitrogens with zero attached hydrogens (tertiary/aromatic N) is 2. The molecule has 0 spiro atoms. The van der Waals surface area contributed by atoms with Crippen LogP contribution in [0.4, 0.5) is 0 Å². The standard InChI is InChI=1S/C17H18N4O/c1-11-15-9-12(10-18-13-7-8-13)17(22)19-16(15)21(20-11)14-5-3-2-4-6-14/h2-6,9,13,18H,7-8,10H2,1H3,(H,19,22). The molecule has 2 N–H and O–H groups in total. The van der Waals surface area contributed by atoms with Gasteiger partial charge in [0.05, 0.1) is 11.4 Å². The van der Waals surface area contributed by atoms with E-state index in [1.807, 2.05) is 43.3 Å². The molecule has 22 heavy (non-hydrogen) atoms. The Morgan fingerprint density at radius 3 is 2.82 bits per heavy atom. The number of rotatable bonds is 4. The summed E-state index contributed by atoms with van der Waals surface area (Å²) in [5.74, 6) is 0. The highest BCUT2D eigenvalue weighted by atomic mass is 16.1. The van der Waals surface area contributed by atoms with Crippen molar-refractivity contribution in [3.05, 3.63) is 58.0 Å². The van der Waals surface area contributed by atoms with Gasteiger partial charge in [-0.05, 0) is 38.0 Å². The maximum atomic E-state index is 12.3. The zero-order valence-electron chi connectivity index (χ0n) is 12.5. The summed E-state index contributed by atoms with van der Waals surface area (Å²) in [6.07, 6.45) is 2.43. The Labute approximate surface area is 128 Å². The largest absolute Gasteiger partial charge is 0.310 e. The third kappa shape index (κ3) is 2.33. The van der Waals surface area contributed by atoms with Gasteiger partial charge in [0.2, 0.25) is 0 Å². The average molecular weight is 294 g/mol. The van der Waals surface area contributed by atoms with Gasteiger partial charge in [0.25, 0.3) is 5.56 Å². The van der Waals surface area contributed by atoms with Crippen molar-refractivity contribution in [2.75, 3.05) is 0 Å². The maximum absolute atomic E-state index is 12.3. The number of hydrogen-bond acceptors (Lipinski definition) is 3. The molecule has 5 nitrogen and oxygen atoms in total. The Balaban J connectivity index is 1.81. The lowest BCUT2D eigenvalue weighted by Crippen LogP contribution is -2.22. The number of aromatic amines is 1. The van der Waals surface area contributed by atoms with Crippen LogP contribution in [-0.2, 0) is 6.54 Å². The van der Waals surface area contributed by atoms with E-state index in [-0.39, 0.29) is 5.56 Å². The minimum absolute atomic E-state index is 0.0438. The molecule has 112 valence electrons. The van der Waals surface area contributed by atoms with Gasteiger partial charge in [-0.15, -0.1) is 0 Å². The number of fused-ring (bicyclic) bond motifs is 1. The van der Waals surface area contributed by atoms with Crippen LogP contribution in [0, 0.1) is 6.92 Å². The van der Waals surface area contributed by atoms with Gasteiger partial charge in [-0.25, -0.2) is 4.68 Å². The number of H-pyrrole nitrogens is 1. The molecule has 0 amide bonds. The molecule has 1 fully saturated rings. The average Bonchev–Trinajstić information content (AvgIpc) is 3.31. The van der Waals surface area contributed by atoms with Crippen LogP contribution in [0.15, 0.2) is 41.2 Å². The van der Waals surface area contributed by atoms with E-state index in [0.29, 0.717) is 12.6 Å². The van der Waals surface area contributed by atoms with E-state index in [4.69, 9.17) is 0 Å². The van der Waals surface area contributed by atoms with Crippen LogP contribution in [0.2, 0.25) is 0 Å². The fourth-order valence-electron chi connectivity index (χ4n) is 2.69. The number of para-hydroxylation sites is 1. The Hall–Kier alpha value is -2.40. The summed E-state index contributed by atoms with van der Waals surface area (Å²) >= 11 is 0. The Morgan fingerprint density at radius 1 is 1.32 bits per heavy atom. The van der Waals surface area contributed by atoms with E-state index in [2.05, 4.69) is 15.4 Å². The third-order valence-electron chi connectivity index (χ3n) is 4.11. The van der Waals surface area contributed by atoms with Crippen LogP contribution in [0.3, 0.4) is 0 Å². The fourth-order valence-corrected chi connectivity index (χ4v) is 2.69. The lowest BCUT2D eigenvalue weighted by molar-refractivity contribution is 0.683. The van der Waals surface area contributed by atoms with E-state index in [9.17, 15) is 4.79 Å². The first-order chi connectivity index (χ1) is 10.7. The topological polar surface area (TPSA) is 62.7 Å². The van der Waals surface area contributed by atoms with E-state index in [1.165, 1.54) is 12.8 Å². The molecule has 0 radical (unpaired) electrons. The van der Waals surface area contributed by atoms with Gasteiger partial charge >= 0.3 is 0 Å². The van der Waals surface area contributed by atoms with Gasteiger partial charge in [0.15, 0.2) is 0 Å². The lowest BCUT2D eigenvalue weighted by Gasteiger charge is -2.05. The molecule has 2 heterocycles. The van der Waals surface area contributed by atoms with E-state index in [1.54, 1.807) is 4.68 Å². The number of aryl methyl sites for hydroxylation is 1. The number of hydrogen-bond donors (Lipinski definition) is 2. The molecular formula is C17H18N4O. The molecule has 0 atom stereocenters. The van der Waals surface area contributed by atoms with Gasteiger partial charge in [0, 0.05) is 23.5 Å². The number of benzene rings is 1. The summed E-state index contributed by atoms with van der Waals surface area (Å²) in [4.78, 5) is 15.3. The lowest BCUT2D eigenvalue weighted by atomic mass is 10.2. The monoisotopic (exact) mass is 294 g/mol. The summed E-state index contributed by atoms with van der Waals surface area (Å²) in [5, 5.41) is 8.96. The fraction of sp³-hybridized carbons (Fsp3) is 0.294. The van der Waals surface area contributed by atoms with Crippen LogP contribution in [0.5, 0.6) is 0 Å². The minimum atomic E-state index is -0.0438. The highest BCUT2D eigenvalue weighted by Crippen LogP contribution is 2.21. The van der Waals surface area contributed by atoms with Gasteiger partial charge in [-0.2, -0.15) is 5.10 Å². The van der Waals surface area contributed by atoms with Gasteiger partial charge in [-0.1, -0.05) is 18.2 Å². The van der Waals surface area contributed by atoms with Crippen molar-refractivity contribution >= 4 is 11.0 Å². The molecule has 1 aliphatic rings. The van der Waals surface area contributed by atoms with E-state index >= 15 is 0 Å². The molecule has 1 saturated carbocycles. The predicted octanol–water partition coefficient (Wildman–Crippen LogP) is 2.27. The van der Waals surface area contributed by atoms with Crippen molar-refractivity contribution in [3.8, 4) is 5.69 Å². The van der Waals surface area contributed by atoms with Crippen LogP contribution in [-0.4, -0.2) is 20.8 Å². The number of aromatic nitrogens is 3. The van der Waals surface area contributed by atoms with E-state index in [0.717, 1.165) is 28.0 Å². The molecule has 0 saturated heterocycles. The summed E-state index contributed by atoms with van der Waals surface area (Å²) in [7, 11) is 0. The Morgan fingerprint density at radius 2 is 2.09 bits per heavy atom. The Bertz CT molecular complexity index is 875. The molecule has 1 aliphatic carbocycles. The minimum Gasteiger partial charge on any atom is -0.310 e. The molecule has 0 unspecified atom stereocenters. The van der Waals surface area contributed by atoms with Crippen molar-refractivity contribution in [1.29, 1.82) is 0 Å². The summed E-state index contributed by atoms with van der Waals surface area (Å²) < 4.78 is 1.80. The van der Waals surface area contributed by atoms with Crippen molar-refractivity contribution in [2.24, 2.45) is 0 Å². The van der Waals surface area contributed by atoms with Crippen molar-refractivity contribution < 1.29 is 0 Å². The smallest absolute Gasteiger partial charge is 0.254 e. The van der Waals surface area contributed by atoms with Crippen LogP contribution in [0.25, 0.3) is 16.7 Å². The number of pyridine rings is 1. The van der Waals surface area contributed by atoms with Gasteiger partial charge in [-0.3, -0.25) is 4.79 Å². The van der Waals surface area contributed by atoms with Crippen LogP contribution in [0.1, 0.15) is 24.1 Å². The first-order valence-electron chi connectivity index (χ1n) is 7.63.